The second-order valence-electron chi connectivity index (χ2n) is 7.69. The minimum Gasteiger partial charge on any atom is -0.455 e. The third kappa shape index (κ3) is 5.65. The molecule has 0 atom stereocenters. The van der Waals surface area contributed by atoms with E-state index in [-0.39, 0.29) is 23.8 Å². The van der Waals surface area contributed by atoms with Crippen molar-refractivity contribution in [3.63, 3.8) is 0 Å². The molecule has 4 aromatic rings. The van der Waals surface area contributed by atoms with Gasteiger partial charge in [-0.05, 0) is 49.7 Å². The molecule has 0 saturated carbocycles. The average Bonchev–Trinajstić information content (AvgIpc) is 2.85. The van der Waals surface area contributed by atoms with Crippen LogP contribution >= 0.6 is 11.8 Å². The van der Waals surface area contributed by atoms with Crippen molar-refractivity contribution in [3.8, 4) is 11.5 Å². The van der Waals surface area contributed by atoms with Gasteiger partial charge in [-0.3, -0.25) is 14.2 Å². The molecule has 0 aliphatic heterocycles. The van der Waals surface area contributed by atoms with Crippen LogP contribution in [0, 0.1) is 6.92 Å². The SMILES string of the molecule is Cc1ccc(Oc2ccccc2NC(=O)CSc2nc3ccccc3c(=O)n2CCCO)cc1. The Morgan fingerprint density at radius 1 is 1.06 bits per heavy atom. The Bertz CT molecular complexity index is 1350. The lowest BCUT2D eigenvalue weighted by Gasteiger charge is -2.14. The lowest BCUT2D eigenvalue weighted by Crippen LogP contribution is -2.24. The van der Waals surface area contributed by atoms with Crippen LogP contribution in [0.3, 0.4) is 0 Å². The predicted octanol–water partition coefficient (Wildman–Crippen LogP) is 4.61. The van der Waals surface area contributed by atoms with E-state index in [0.29, 0.717) is 46.2 Å². The number of aliphatic hydroxyl groups is 1. The summed E-state index contributed by atoms with van der Waals surface area (Å²) in [4.78, 5) is 30.3. The molecule has 0 saturated heterocycles. The fraction of sp³-hybridized carbons (Fsp3) is 0.192. The first kappa shape index (κ1) is 23.5. The zero-order chi connectivity index (χ0) is 23.9. The van der Waals surface area contributed by atoms with Gasteiger partial charge in [-0.2, -0.15) is 0 Å². The minimum atomic E-state index is -0.249. The Morgan fingerprint density at radius 3 is 2.59 bits per heavy atom. The number of thioether (sulfide) groups is 1. The molecule has 2 N–H and O–H groups in total. The molecule has 34 heavy (non-hydrogen) atoms. The van der Waals surface area contributed by atoms with Crippen molar-refractivity contribution in [1.82, 2.24) is 9.55 Å². The smallest absolute Gasteiger partial charge is 0.262 e. The molecular formula is C26H25N3O4S. The van der Waals surface area contributed by atoms with Crippen LogP contribution in [0.5, 0.6) is 11.5 Å². The van der Waals surface area contributed by atoms with Gasteiger partial charge in [-0.25, -0.2) is 4.98 Å². The van der Waals surface area contributed by atoms with Crippen LogP contribution in [0.15, 0.2) is 82.7 Å². The molecule has 0 aliphatic rings. The molecule has 0 bridgehead atoms. The largest absolute Gasteiger partial charge is 0.455 e. The van der Waals surface area contributed by atoms with Crippen molar-refractivity contribution in [2.75, 3.05) is 17.7 Å². The molecule has 1 amide bonds. The van der Waals surface area contributed by atoms with Gasteiger partial charge in [-0.15, -0.1) is 0 Å². The van der Waals surface area contributed by atoms with Crippen LogP contribution < -0.4 is 15.6 Å². The number of benzene rings is 3. The number of amides is 1. The van der Waals surface area contributed by atoms with E-state index in [2.05, 4.69) is 10.3 Å². The summed E-state index contributed by atoms with van der Waals surface area (Å²) >= 11 is 1.18. The maximum atomic E-state index is 12.9. The second-order valence-corrected chi connectivity index (χ2v) is 8.64. The van der Waals surface area contributed by atoms with Gasteiger partial charge in [0.1, 0.15) is 5.75 Å². The number of para-hydroxylation sites is 3. The lowest BCUT2D eigenvalue weighted by atomic mass is 10.2. The van der Waals surface area contributed by atoms with Crippen molar-refractivity contribution in [2.45, 2.75) is 25.0 Å². The summed E-state index contributed by atoms with van der Waals surface area (Å²) in [5.74, 6) is 1.02. The van der Waals surface area contributed by atoms with E-state index in [9.17, 15) is 14.7 Å². The van der Waals surface area contributed by atoms with E-state index >= 15 is 0 Å². The quantitative estimate of drug-likeness (QED) is 0.271. The fourth-order valence-electron chi connectivity index (χ4n) is 3.39. The van der Waals surface area contributed by atoms with Crippen LogP contribution in [0.4, 0.5) is 5.69 Å². The number of carbonyl (C=O) groups excluding carboxylic acids is 1. The van der Waals surface area contributed by atoms with E-state index in [1.165, 1.54) is 16.3 Å². The van der Waals surface area contributed by atoms with E-state index in [4.69, 9.17) is 4.74 Å². The maximum Gasteiger partial charge on any atom is 0.262 e. The molecule has 0 radical (unpaired) electrons. The van der Waals surface area contributed by atoms with E-state index in [1.54, 1.807) is 30.3 Å². The Morgan fingerprint density at radius 2 is 1.79 bits per heavy atom. The van der Waals surface area contributed by atoms with Gasteiger partial charge in [-0.1, -0.05) is 53.7 Å². The zero-order valence-electron chi connectivity index (χ0n) is 18.7. The monoisotopic (exact) mass is 475 g/mol. The summed E-state index contributed by atoms with van der Waals surface area (Å²) in [6.45, 7) is 2.29. The molecule has 4 rings (SSSR count). The van der Waals surface area contributed by atoms with Gasteiger partial charge in [0, 0.05) is 13.2 Å². The molecular weight excluding hydrogens is 450 g/mol. The summed E-state index contributed by atoms with van der Waals surface area (Å²) in [5.41, 5.74) is 2.08. The Kier molecular flexibility index (Phi) is 7.61. The number of aliphatic hydroxyl groups excluding tert-OH is 1. The number of nitrogens with zero attached hydrogens (tertiary/aromatic N) is 2. The number of nitrogens with one attached hydrogen (secondary N) is 1. The van der Waals surface area contributed by atoms with Crippen molar-refractivity contribution in [1.29, 1.82) is 0 Å². The van der Waals surface area contributed by atoms with Crippen molar-refractivity contribution in [3.05, 3.63) is 88.7 Å². The number of aryl methyl sites for hydroxylation is 1. The lowest BCUT2D eigenvalue weighted by molar-refractivity contribution is -0.113. The number of rotatable bonds is 9. The van der Waals surface area contributed by atoms with Crippen LogP contribution in [-0.2, 0) is 11.3 Å². The third-order valence-corrected chi connectivity index (χ3v) is 6.09. The molecule has 174 valence electrons. The Hall–Kier alpha value is -3.62. The molecule has 0 aliphatic carbocycles. The predicted molar refractivity (Wildman–Crippen MR) is 135 cm³/mol. The summed E-state index contributed by atoms with van der Waals surface area (Å²) < 4.78 is 7.47. The first-order valence-corrected chi connectivity index (χ1v) is 11.9. The standard InChI is InChI=1S/C26H25N3O4S/c1-18-11-13-19(14-12-18)33-23-10-5-4-9-22(23)27-24(31)17-34-26-28-21-8-3-2-7-20(21)25(32)29(26)15-6-16-30/h2-5,7-14,30H,6,15-17H2,1H3,(H,27,31). The molecule has 3 aromatic carbocycles. The van der Waals surface area contributed by atoms with Crippen LogP contribution in [-0.4, -0.2) is 32.9 Å². The van der Waals surface area contributed by atoms with Crippen LogP contribution in [0.2, 0.25) is 0 Å². The average molecular weight is 476 g/mol. The van der Waals surface area contributed by atoms with Gasteiger partial charge in [0.2, 0.25) is 5.91 Å². The number of ether oxygens (including phenoxy) is 1. The van der Waals surface area contributed by atoms with Gasteiger partial charge < -0.3 is 15.2 Å². The summed E-state index contributed by atoms with van der Waals surface area (Å²) in [6, 6.07) is 22.0. The van der Waals surface area contributed by atoms with Gasteiger partial charge in [0.25, 0.3) is 5.56 Å². The van der Waals surface area contributed by atoms with E-state index < -0.39 is 0 Å². The molecule has 0 spiro atoms. The molecule has 0 fully saturated rings. The highest BCUT2D eigenvalue weighted by atomic mass is 32.2. The first-order chi connectivity index (χ1) is 16.5. The number of anilines is 1. The normalized spacial score (nSPS) is 10.9. The highest BCUT2D eigenvalue weighted by molar-refractivity contribution is 7.99. The topological polar surface area (TPSA) is 93.5 Å². The number of hydrogen-bond donors (Lipinski definition) is 2. The highest BCUT2D eigenvalue weighted by Gasteiger charge is 2.14. The highest BCUT2D eigenvalue weighted by Crippen LogP contribution is 2.29. The summed E-state index contributed by atoms with van der Waals surface area (Å²) in [6.07, 6.45) is 0.420. The van der Waals surface area contributed by atoms with E-state index in [0.717, 1.165) is 5.56 Å². The zero-order valence-corrected chi connectivity index (χ0v) is 19.5. The number of hydrogen-bond acceptors (Lipinski definition) is 6. The molecule has 1 aromatic heterocycles. The fourth-order valence-corrected chi connectivity index (χ4v) is 4.22. The first-order valence-electron chi connectivity index (χ1n) is 10.9. The van der Waals surface area contributed by atoms with Gasteiger partial charge in [0.05, 0.1) is 22.3 Å². The van der Waals surface area contributed by atoms with Crippen molar-refractivity contribution < 1.29 is 14.6 Å². The Balaban J connectivity index is 1.49. The number of fused-ring (bicyclic) bond motifs is 1. The summed E-state index contributed by atoms with van der Waals surface area (Å²) in [5, 5.41) is 13.1. The number of carbonyl (C=O) groups is 1. The summed E-state index contributed by atoms with van der Waals surface area (Å²) in [7, 11) is 0. The second kappa shape index (κ2) is 11.0. The maximum absolute atomic E-state index is 12.9. The molecule has 1 heterocycles. The van der Waals surface area contributed by atoms with Crippen LogP contribution in [0.25, 0.3) is 10.9 Å². The molecule has 8 heteroatoms. The van der Waals surface area contributed by atoms with Crippen molar-refractivity contribution in [2.24, 2.45) is 0 Å². The molecule has 7 nitrogen and oxygen atoms in total. The molecule has 0 unspecified atom stereocenters. The Labute approximate surface area is 201 Å². The van der Waals surface area contributed by atoms with Crippen LogP contribution in [0.1, 0.15) is 12.0 Å². The third-order valence-electron chi connectivity index (χ3n) is 5.11. The number of aromatic nitrogens is 2. The van der Waals surface area contributed by atoms with Gasteiger partial charge in [0.15, 0.2) is 10.9 Å². The minimum absolute atomic E-state index is 0.0401. The van der Waals surface area contributed by atoms with E-state index in [1.807, 2.05) is 49.4 Å². The van der Waals surface area contributed by atoms with Gasteiger partial charge >= 0.3 is 0 Å². The van der Waals surface area contributed by atoms with Crippen molar-refractivity contribution >= 4 is 34.3 Å².